The van der Waals surface area contributed by atoms with E-state index in [9.17, 15) is 25.0 Å². The number of nitro benzene ring substituents is 1. The first kappa shape index (κ1) is 24.1. The molecule has 180 valence electrons. The number of nitriles is 1. The molecule has 2 aromatic carbocycles. The quantitative estimate of drug-likeness (QED) is 0.353. The first-order valence-corrected chi connectivity index (χ1v) is 11.5. The lowest BCUT2D eigenvalue weighted by molar-refractivity contribution is -0.384. The van der Waals surface area contributed by atoms with E-state index in [4.69, 9.17) is 4.74 Å². The smallest absolute Gasteiger partial charge is 0.329 e. The van der Waals surface area contributed by atoms with Gasteiger partial charge in [-0.05, 0) is 24.1 Å². The summed E-state index contributed by atoms with van der Waals surface area (Å²) in [4.78, 5) is 40.3. The number of Topliss-reactive ketones (excluding diaryl/α,β-unsaturated/α-hetero) is 1. The Labute approximate surface area is 204 Å². The molecule has 2 aliphatic rings. The van der Waals surface area contributed by atoms with E-state index in [-0.39, 0.29) is 18.1 Å². The molecule has 0 radical (unpaired) electrons. The van der Waals surface area contributed by atoms with E-state index in [0.717, 1.165) is 11.3 Å². The fraction of sp³-hybridized carbons (Fsp3) is 0.370. The zero-order chi connectivity index (χ0) is 25.5. The number of non-ortho nitro benzene ring substituents is 1. The molecule has 0 aromatic heterocycles. The third-order valence-electron chi connectivity index (χ3n) is 6.81. The molecule has 4 rings (SSSR count). The van der Waals surface area contributed by atoms with Gasteiger partial charge in [-0.15, -0.1) is 0 Å². The van der Waals surface area contributed by atoms with Crippen LogP contribution in [0.25, 0.3) is 6.08 Å². The molecule has 1 saturated heterocycles. The number of hydrogen-bond donors (Lipinski definition) is 0. The summed E-state index contributed by atoms with van der Waals surface area (Å²) in [5, 5.41) is 21.9. The molecule has 0 saturated carbocycles. The van der Waals surface area contributed by atoms with Crippen molar-refractivity contribution < 1.29 is 19.2 Å². The standard InChI is InChI=1S/C27H27N3O5/c1-5-35-25(32)27(16-28)21-15-12-17-8-6-7-9-20(17)29(21)23(24(31)26(2,3)4)22(27)18-10-13-19(14-11-18)30(33)34/h6-15,21-23H,5H2,1-4H3/t21-,22+,23-,27+/m1/s1. The maximum Gasteiger partial charge on any atom is 0.329 e. The number of para-hydroxylation sites is 1. The van der Waals surface area contributed by atoms with Gasteiger partial charge < -0.3 is 9.64 Å². The number of fused-ring (bicyclic) bond motifs is 3. The lowest BCUT2D eigenvalue weighted by Crippen LogP contribution is -2.48. The SMILES string of the molecule is CCOC(=O)[C@]1(C#N)[C@@H](c2ccc([N+](=O)[O-])cc2)[C@H](C(=O)C(C)(C)C)N2c3ccccc3C=C[C@@H]21. The first-order valence-electron chi connectivity index (χ1n) is 11.5. The molecule has 0 amide bonds. The van der Waals surface area contributed by atoms with Gasteiger partial charge in [-0.3, -0.25) is 19.7 Å². The second-order valence-electron chi connectivity index (χ2n) is 9.86. The van der Waals surface area contributed by atoms with E-state index in [1.165, 1.54) is 24.3 Å². The van der Waals surface area contributed by atoms with Gasteiger partial charge in [0.25, 0.3) is 5.69 Å². The van der Waals surface area contributed by atoms with Gasteiger partial charge in [-0.1, -0.05) is 63.3 Å². The summed E-state index contributed by atoms with van der Waals surface area (Å²) in [5.74, 6) is -1.77. The summed E-state index contributed by atoms with van der Waals surface area (Å²) in [5.41, 5.74) is -0.543. The normalized spacial score (nSPS) is 24.8. The Bertz CT molecular complexity index is 1250. The van der Waals surface area contributed by atoms with Crippen LogP contribution in [0.15, 0.2) is 54.6 Å². The highest BCUT2D eigenvalue weighted by Gasteiger charge is 2.67. The highest BCUT2D eigenvalue weighted by Crippen LogP contribution is 2.57. The predicted molar refractivity (Wildman–Crippen MR) is 131 cm³/mol. The molecule has 35 heavy (non-hydrogen) atoms. The van der Waals surface area contributed by atoms with Crippen molar-refractivity contribution in [2.75, 3.05) is 11.5 Å². The Kier molecular flexibility index (Phi) is 5.97. The number of ketones is 1. The number of nitrogens with zero attached hydrogens (tertiary/aromatic N) is 3. The van der Waals surface area contributed by atoms with E-state index in [0.29, 0.717) is 5.56 Å². The largest absolute Gasteiger partial charge is 0.465 e. The van der Waals surface area contributed by atoms with E-state index in [1.54, 1.807) is 33.8 Å². The summed E-state index contributed by atoms with van der Waals surface area (Å²) in [6, 6.07) is 13.9. The Morgan fingerprint density at radius 1 is 1.17 bits per heavy atom. The number of esters is 1. The highest BCUT2D eigenvalue weighted by atomic mass is 16.6. The predicted octanol–water partition coefficient (Wildman–Crippen LogP) is 4.65. The van der Waals surface area contributed by atoms with Crippen LogP contribution >= 0.6 is 0 Å². The maximum absolute atomic E-state index is 14.0. The summed E-state index contributed by atoms with van der Waals surface area (Å²) in [6.45, 7) is 7.15. The molecule has 8 heteroatoms. The van der Waals surface area contributed by atoms with Crippen LogP contribution in [0, 0.1) is 32.3 Å². The van der Waals surface area contributed by atoms with Crippen LogP contribution in [0.2, 0.25) is 0 Å². The lowest BCUT2D eigenvalue weighted by atomic mass is 9.67. The Morgan fingerprint density at radius 2 is 1.83 bits per heavy atom. The van der Waals surface area contributed by atoms with Gasteiger partial charge in [-0.25, -0.2) is 0 Å². The van der Waals surface area contributed by atoms with Crippen molar-refractivity contribution in [2.45, 2.75) is 45.7 Å². The van der Waals surface area contributed by atoms with Gasteiger partial charge in [0, 0.05) is 29.2 Å². The Hall–Kier alpha value is -3.99. The number of carbonyl (C=O) groups is 2. The summed E-state index contributed by atoms with van der Waals surface area (Å²) in [7, 11) is 0. The van der Waals surface area contributed by atoms with Gasteiger partial charge >= 0.3 is 5.97 Å². The second-order valence-corrected chi connectivity index (χ2v) is 9.86. The fourth-order valence-corrected chi connectivity index (χ4v) is 5.24. The Morgan fingerprint density at radius 3 is 2.40 bits per heavy atom. The molecule has 0 aliphatic carbocycles. The van der Waals surface area contributed by atoms with E-state index in [1.807, 2.05) is 35.2 Å². The zero-order valence-electron chi connectivity index (χ0n) is 20.1. The molecule has 0 N–H and O–H groups in total. The monoisotopic (exact) mass is 473 g/mol. The third-order valence-corrected chi connectivity index (χ3v) is 6.81. The second kappa shape index (κ2) is 8.66. The van der Waals surface area contributed by atoms with Crippen molar-refractivity contribution in [1.82, 2.24) is 0 Å². The van der Waals surface area contributed by atoms with Crippen molar-refractivity contribution in [1.29, 1.82) is 5.26 Å². The number of anilines is 1. The van der Waals surface area contributed by atoms with Crippen molar-refractivity contribution in [3.63, 3.8) is 0 Å². The van der Waals surface area contributed by atoms with Gasteiger partial charge in [0.15, 0.2) is 11.2 Å². The number of rotatable bonds is 5. The first-order chi connectivity index (χ1) is 16.6. The third kappa shape index (κ3) is 3.68. The van der Waals surface area contributed by atoms with Crippen LogP contribution in [0.4, 0.5) is 11.4 Å². The number of nitro groups is 1. The molecular formula is C27H27N3O5. The van der Waals surface area contributed by atoms with Crippen LogP contribution in [0.5, 0.6) is 0 Å². The van der Waals surface area contributed by atoms with Crippen molar-refractivity contribution in [3.8, 4) is 6.07 Å². The minimum absolute atomic E-state index is 0.0696. The average Bonchev–Trinajstić information content (AvgIpc) is 3.14. The number of benzene rings is 2. The van der Waals surface area contributed by atoms with Gasteiger partial charge in [0.2, 0.25) is 0 Å². The van der Waals surface area contributed by atoms with Crippen LogP contribution in [-0.4, -0.2) is 35.4 Å². The minimum atomic E-state index is -1.75. The molecule has 2 aliphatic heterocycles. The van der Waals surface area contributed by atoms with Crippen molar-refractivity contribution in [2.24, 2.45) is 10.8 Å². The van der Waals surface area contributed by atoms with Crippen LogP contribution in [-0.2, 0) is 14.3 Å². The van der Waals surface area contributed by atoms with Crippen LogP contribution < -0.4 is 4.90 Å². The van der Waals surface area contributed by atoms with Crippen molar-refractivity contribution >= 4 is 29.2 Å². The van der Waals surface area contributed by atoms with Crippen LogP contribution in [0.1, 0.15) is 44.7 Å². The molecule has 8 nitrogen and oxygen atoms in total. The summed E-state index contributed by atoms with van der Waals surface area (Å²) in [6.07, 6.45) is 3.65. The van der Waals surface area contributed by atoms with Gasteiger partial charge in [0.1, 0.15) is 0 Å². The van der Waals surface area contributed by atoms with E-state index >= 15 is 0 Å². The molecule has 1 fully saturated rings. The molecular weight excluding hydrogens is 446 g/mol. The molecule has 0 spiro atoms. The molecule has 0 bridgehead atoms. The number of carbonyl (C=O) groups excluding carboxylic acids is 2. The molecule has 4 atom stereocenters. The fourth-order valence-electron chi connectivity index (χ4n) is 5.24. The van der Waals surface area contributed by atoms with Gasteiger partial charge in [0.05, 0.1) is 29.7 Å². The maximum atomic E-state index is 14.0. The average molecular weight is 474 g/mol. The van der Waals surface area contributed by atoms with E-state index < -0.39 is 39.7 Å². The molecule has 2 aromatic rings. The number of hydrogen-bond acceptors (Lipinski definition) is 7. The minimum Gasteiger partial charge on any atom is -0.465 e. The molecule has 0 unspecified atom stereocenters. The van der Waals surface area contributed by atoms with Crippen molar-refractivity contribution in [3.05, 3.63) is 75.8 Å². The van der Waals surface area contributed by atoms with E-state index in [2.05, 4.69) is 6.07 Å². The van der Waals surface area contributed by atoms with Gasteiger partial charge in [-0.2, -0.15) is 5.26 Å². The topological polar surface area (TPSA) is 114 Å². The lowest BCUT2D eigenvalue weighted by Gasteiger charge is -2.37. The summed E-state index contributed by atoms with van der Waals surface area (Å²) >= 11 is 0. The molecule has 2 heterocycles. The van der Waals surface area contributed by atoms with Crippen LogP contribution in [0.3, 0.4) is 0 Å². The summed E-state index contributed by atoms with van der Waals surface area (Å²) < 4.78 is 5.44. The number of ether oxygens (including phenoxy) is 1. The zero-order valence-corrected chi connectivity index (χ0v) is 20.1. The Balaban J connectivity index is 2.04. The highest BCUT2D eigenvalue weighted by molar-refractivity contribution is 5.99.